The summed E-state index contributed by atoms with van der Waals surface area (Å²) in [7, 11) is 0. The number of halogens is 1. The third-order valence-corrected chi connectivity index (χ3v) is 7.71. The Hall–Kier alpha value is -2.46. The third kappa shape index (κ3) is 4.50. The summed E-state index contributed by atoms with van der Waals surface area (Å²) in [5.41, 5.74) is 7.20. The zero-order chi connectivity index (χ0) is 23.9. The minimum absolute atomic E-state index is 0.00489. The van der Waals surface area contributed by atoms with Crippen LogP contribution in [0.2, 0.25) is 0 Å². The monoisotopic (exact) mass is 573 g/mol. The van der Waals surface area contributed by atoms with Crippen LogP contribution in [0.1, 0.15) is 54.1 Å². The molecule has 0 saturated carbocycles. The van der Waals surface area contributed by atoms with Crippen LogP contribution in [0.15, 0.2) is 42.6 Å². The fraction of sp³-hybridized carbons (Fsp3) is 0.320. The number of pyridine rings is 1. The lowest BCUT2D eigenvalue weighted by molar-refractivity contribution is -0.118. The Balaban J connectivity index is 1.80. The molecule has 33 heavy (non-hydrogen) atoms. The lowest BCUT2D eigenvalue weighted by Crippen LogP contribution is -2.30. The zero-order valence-corrected chi connectivity index (χ0v) is 22.3. The Kier molecular flexibility index (Phi) is 6.76. The molecule has 0 bridgehead atoms. The molecule has 0 radical (unpaired) electrons. The van der Waals surface area contributed by atoms with Crippen LogP contribution in [0, 0.1) is 30.3 Å². The molecule has 1 aliphatic rings. The van der Waals surface area contributed by atoms with Crippen molar-refractivity contribution in [2.45, 2.75) is 46.7 Å². The van der Waals surface area contributed by atoms with Crippen LogP contribution in [-0.2, 0) is 4.79 Å². The van der Waals surface area contributed by atoms with Crippen molar-refractivity contribution in [3.8, 4) is 0 Å². The van der Waals surface area contributed by atoms with Crippen LogP contribution in [0.5, 0.6) is 0 Å². The van der Waals surface area contributed by atoms with Crippen molar-refractivity contribution in [2.75, 3.05) is 10.2 Å². The van der Waals surface area contributed by atoms with E-state index in [0.29, 0.717) is 5.11 Å². The van der Waals surface area contributed by atoms with Crippen LogP contribution >= 0.6 is 34.8 Å². The van der Waals surface area contributed by atoms with E-state index in [1.165, 1.54) is 9.13 Å². The number of H-pyrrole nitrogens is 1. The van der Waals surface area contributed by atoms with E-state index in [-0.39, 0.29) is 23.9 Å². The number of benzene rings is 1. The Morgan fingerprint density at radius 3 is 2.52 bits per heavy atom. The van der Waals surface area contributed by atoms with Crippen LogP contribution < -0.4 is 15.5 Å². The van der Waals surface area contributed by atoms with E-state index in [2.05, 4.69) is 68.0 Å². The number of thiocarbonyl (C=S) groups is 1. The van der Waals surface area contributed by atoms with Crippen molar-refractivity contribution in [1.29, 1.82) is 0 Å². The minimum Gasteiger partial charge on any atom is -0.362 e. The van der Waals surface area contributed by atoms with Crippen LogP contribution in [0.3, 0.4) is 0 Å². The lowest BCUT2D eigenvalue weighted by atomic mass is 9.96. The Labute approximate surface area is 213 Å². The second-order valence-electron chi connectivity index (χ2n) is 8.74. The van der Waals surface area contributed by atoms with Gasteiger partial charge >= 0.3 is 0 Å². The number of aryl methyl sites for hydroxylation is 3. The van der Waals surface area contributed by atoms with Gasteiger partial charge in [-0.05, 0) is 91.5 Å². The molecule has 8 heteroatoms. The highest BCUT2D eigenvalue weighted by molar-refractivity contribution is 14.1. The molecule has 1 saturated heterocycles. The maximum atomic E-state index is 12.2. The quantitative estimate of drug-likeness (QED) is 0.270. The van der Waals surface area contributed by atoms with Gasteiger partial charge in [-0.25, -0.2) is 0 Å². The van der Waals surface area contributed by atoms with Crippen molar-refractivity contribution < 1.29 is 4.79 Å². The Bertz CT molecular complexity index is 1210. The molecular formula is C25H28IN5OS. The van der Waals surface area contributed by atoms with Crippen LogP contribution in [0.25, 0.3) is 0 Å². The molecule has 1 aliphatic heterocycles. The lowest BCUT2D eigenvalue weighted by Gasteiger charge is -2.29. The SMILES string of the molecule is Cc1cc(N2C(=S)N[C@H](c3ccccn3)[C@H]2c2c(C)[nH]c(C)c2I)ccc1NC(=O)C(C)C. The second kappa shape index (κ2) is 9.42. The van der Waals surface area contributed by atoms with Gasteiger partial charge in [-0.2, -0.15) is 0 Å². The van der Waals surface area contributed by atoms with E-state index in [4.69, 9.17) is 12.2 Å². The highest BCUT2D eigenvalue weighted by Crippen LogP contribution is 2.45. The zero-order valence-electron chi connectivity index (χ0n) is 19.4. The van der Waals surface area contributed by atoms with Gasteiger partial charge < -0.3 is 20.5 Å². The number of carbonyl (C=O) groups is 1. The van der Waals surface area contributed by atoms with Gasteiger partial charge in [0.15, 0.2) is 5.11 Å². The minimum atomic E-state index is -0.0956. The molecule has 2 atom stereocenters. The highest BCUT2D eigenvalue weighted by atomic mass is 127. The predicted octanol–water partition coefficient (Wildman–Crippen LogP) is 5.71. The van der Waals surface area contributed by atoms with Gasteiger partial charge in [0, 0.05) is 44.0 Å². The van der Waals surface area contributed by atoms with Gasteiger partial charge in [0.25, 0.3) is 0 Å². The summed E-state index contributed by atoms with van der Waals surface area (Å²) >= 11 is 8.27. The maximum Gasteiger partial charge on any atom is 0.226 e. The molecular weight excluding hydrogens is 545 g/mol. The average Bonchev–Trinajstić information content (AvgIpc) is 3.24. The number of nitrogens with zero attached hydrogens (tertiary/aromatic N) is 2. The first kappa shape index (κ1) is 23.7. The number of hydrogen-bond acceptors (Lipinski definition) is 3. The van der Waals surface area contributed by atoms with Crippen LogP contribution in [0.4, 0.5) is 11.4 Å². The number of hydrogen-bond donors (Lipinski definition) is 3. The molecule has 3 heterocycles. The number of anilines is 2. The van der Waals surface area contributed by atoms with Gasteiger partial charge in [-0.1, -0.05) is 19.9 Å². The summed E-state index contributed by atoms with van der Waals surface area (Å²) in [5.74, 6) is -0.0740. The largest absolute Gasteiger partial charge is 0.362 e. The number of aromatic nitrogens is 2. The molecule has 4 rings (SSSR count). The van der Waals surface area contributed by atoms with Gasteiger partial charge in [-0.3, -0.25) is 9.78 Å². The number of aromatic amines is 1. The first-order valence-corrected chi connectivity index (χ1v) is 12.4. The van der Waals surface area contributed by atoms with E-state index in [1.807, 2.05) is 57.3 Å². The fourth-order valence-corrected chi connectivity index (χ4v) is 5.47. The number of nitrogens with one attached hydrogen (secondary N) is 3. The predicted molar refractivity (Wildman–Crippen MR) is 146 cm³/mol. The first-order chi connectivity index (χ1) is 15.7. The number of carbonyl (C=O) groups excluding carboxylic acids is 1. The second-order valence-corrected chi connectivity index (χ2v) is 10.2. The topological polar surface area (TPSA) is 73.1 Å². The standard InChI is InChI=1S/C25H28IN5OS/c1-13(2)24(32)29-18-10-9-17(12-14(18)3)31-23(20-15(4)28-16(5)21(20)26)22(30-25(31)33)19-8-6-7-11-27-19/h6-13,22-23,28H,1-5H3,(H,29,32)(H,30,33)/t22-,23-/m1/s1. The van der Waals surface area contributed by atoms with E-state index in [1.54, 1.807) is 0 Å². The smallest absolute Gasteiger partial charge is 0.226 e. The normalized spacial score (nSPS) is 18.0. The summed E-state index contributed by atoms with van der Waals surface area (Å²) in [6, 6.07) is 11.9. The van der Waals surface area contributed by atoms with Crippen molar-refractivity contribution in [1.82, 2.24) is 15.3 Å². The van der Waals surface area contributed by atoms with Crippen LogP contribution in [-0.4, -0.2) is 21.0 Å². The summed E-state index contributed by atoms with van der Waals surface area (Å²) in [6.07, 6.45) is 1.82. The van der Waals surface area contributed by atoms with E-state index >= 15 is 0 Å². The molecule has 1 fully saturated rings. The molecule has 0 unspecified atom stereocenters. The summed E-state index contributed by atoms with van der Waals surface area (Å²) < 4.78 is 1.20. The number of rotatable bonds is 5. The van der Waals surface area contributed by atoms with Crippen molar-refractivity contribution >= 4 is 57.2 Å². The van der Waals surface area contributed by atoms with Gasteiger partial charge in [0.1, 0.15) is 0 Å². The molecule has 0 spiro atoms. The Morgan fingerprint density at radius 2 is 1.94 bits per heavy atom. The van der Waals surface area contributed by atoms with Gasteiger partial charge in [-0.15, -0.1) is 0 Å². The molecule has 6 nitrogen and oxygen atoms in total. The molecule has 3 N–H and O–H groups in total. The van der Waals surface area contributed by atoms with E-state index in [0.717, 1.165) is 34.0 Å². The van der Waals surface area contributed by atoms with E-state index in [9.17, 15) is 4.79 Å². The van der Waals surface area contributed by atoms with Crippen molar-refractivity contribution in [3.05, 3.63) is 74.4 Å². The maximum absolute atomic E-state index is 12.2. The fourth-order valence-electron chi connectivity index (χ4n) is 4.26. The first-order valence-electron chi connectivity index (χ1n) is 11.0. The summed E-state index contributed by atoms with van der Waals surface area (Å²) in [5, 5.41) is 7.19. The summed E-state index contributed by atoms with van der Waals surface area (Å²) in [6.45, 7) is 9.98. The molecule has 1 aromatic carbocycles. The third-order valence-electron chi connectivity index (χ3n) is 6.01. The van der Waals surface area contributed by atoms with Crippen molar-refractivity contribution in [3.63, 3.8) is 0 Å². The molecule has 1 amide bonds. The number of amides is 1. The highest BCUT2D eigenvalue weighted by Gasteiger charge is 2.43. The average molecular weight is 574 g/mol. The molecule has 172 valence electrons. The van der Waals surface area contributed by atoms with Gasteiger partial charge in [0.2, 0.25) is 5.91 Å². The Morgan fingerprint density at radius 1 is 1.18 bits per heavy atom. The molecule has 3 aromatic rings. The molecule has 2 aromatic heterocycles. The van der Waals surface area contributed by atoms with E-state index < -0.39 is 0 Å². The van der Waals surface area contributed by atoms with Gasteiger partial charge in [0.05, 0.1) is 17.8 Å². The van der Waals surface area contributed by atoms with Crippen molar-refractivity contribution in [2.24, 2.45) is 5.92 Å². The summed E-state index contributed by atoms with van der Waals surface area (Å²) in [4.78, 5) is 22.5. The molecule has 0 aliphatic carbocycles.